The third-order valence-electron chi connectivity index (χ3n) is 4.57. The Morgan fingerprint density at radius 1 is 1.04 bits per heavy atom. The molecule has 0 aliphatic carbocycles. The normalized spacial score (nSPS) is 16.9. The number of rotatable bonds is 3. The molecule has 3 aromatic rings. The maximum atomic E-state index is 13.0. The molecule has 118 valence electrons. The Hall–Kier alpha value is -1.78. The van der Waals surface area contributed by atoms with Crippen LogP contribution in [-0.2, 0) is 6.54 Å². The molecule has 0 radical (unpaired) electrons. The van der Waals surface area contributed by atoms with Crippen LogP contribution in [0.1, 0.15) is 29.3 Å². The van der Waals surface area contributed by atoms with Crippen LogP contribution in [0.4, 0.5) is 4.39 Å². The Bertz CT molecular complexity index is 755. The van der Waals surface area contributed by atoms with Crippen molar-refractivity contribution in [1.29, 1.82) is 0 Å². The second kappa shape index (κ2) is 6.38. The number of para-hydroxylation sites is 1. The number of halogens is 1. The number of nitrogens with zero attached hydrogens (tertiary/aromatic N) is 2. The highest BCUT2D eigenvalue weighted by Gasteiger charge is 2.23. The number of piperidine rings is 1. The summed E-state index contributed by atoms with van der Waals surface area (Å²) in [5, 5.41) is 1.28. The van der Waals surface area contributed by atoms with Crippen LogP contribution in [0.3, 0.4) is 0 Å². The largest absolute Gasteiger partial charge is 0.299 e. The first kappa shape index (κ1) is 14.8. The van der Waals surface area contributed by atoms with Gasteiger partial charge in [-0.25, -0.2) is 9.37 Å². The summed E-state index contributed by atoms with van der Waals surface area (Å²) in [6.07, 6.45) is 2.31. The van der Waals surface area contributed by atoms with Crippen molar-refractivity contribution >= 4 is 21.6 Å². The number of hydrogen-bond donors (Lipinski definition) is 0. The van der Waals surface area contributed by atoms with E-state index in [9.17, 15) is 4.39 Å². The van der Waals surface area contributed by atoms with E-state index < -0.39 is 0 Å². The highest BCUT2D eigenvalue weighted by molar-refractivity contribution is 7.18. The number of thiazole rings is 1. The summed E-state index contributed by atoms with van der Waals surface area (Å²) in [6.45, 7) is 3.07. The average molecular weight is 326 g/mol. The van der Waals surface area contributed by atoms with Gasteiger partial charge in [0.25, 0.3) is 0 Å². The molecule has 1 aliphatic heterocycles. The summed E-state index contributed by atoms with van der Waals surface area (Å²) in [4.78, 5) is 7.27. The van der Waals surface area contributed by atoms with E-state index >= 15 is 0 Å². The van der Waals surface area contributed by atoms with E-state index in [1.807, 2.05) is 23.5 Å². The third kappa shape index (κ3) is 3.28. The SMILES string of the molecule is Fc1ccc(CN2CCC(c3nc4ccccc4s3)CC2)cc1. The van der Waals surface area contributed by atoms with E-state index in [2.05, 4.69) is 29.2 Å². The lowest BCUT2D eigenvalue weighted by Crippen LogP contribution is -2.32. The Morgan fingerprint density at radius 2 is 1.78 bits per heavy atom. The van der Waals surface area contributed by atoms with Crippen molar-refractivity contribution in [2.75, 3.05) is 13.1 Å². The molecule has 23 heavy (non-hydrogen) atoms. The van der Waals surface area contributed by atoms with Gasteiger partial charge in [-0.1, -0.05) is 24.3 Å². The zero-order valence-corrected chi connectivity index (χ0v) is 13.7. The van der Waals surface area contributed by atoms with Crippen LogP contribution in [0, 0.1) is 5.82 Å². The molecular weight excluding hydrogens is 307 g/mol. The van der Waals surface area contributed by atoms with Gasteiger partial charge >= 0.3 is 0 Å². The summed E-state index contributed by atoms with van der Waals surface area (Å²) >= 11 is 1.84. The Kier molecular flexibility index (Phi) is 4.10. The Labute approximate surface area is 139 Å². The van der Waals surface area contributed by atoms with Crippen molar-refractivity contribution in [2.24, 2.45) is 0 Å². The monoisotopic (exact) mass is 326 g/mol. The van der Waals surface area contributed by atoms with Gasteiger partial charge in [-0.05, 0) is 55.8 Å². The summed E-state index contributed by atoms with van der Waals surface area (Å²) in [5.41, 5.74) is 2.31. The molecule has 4 heteroatoms. The van der Waals surface area contributed by atoms with Crippen molar-refractivity contribution in [3.05, 3.63) is 64.9 Å². The standard InChI is InChI=1S/C19H19FN2S/c20-16-7-5-14(6-8-16)13-22-11-9-15(10-12-22)19-21-17-3-1-2-4-18(17)23-19/h1-8,15H,9-13H2. The minimum atomic E-state index is -0.164. The van der Waals surface area contributed by atoms with Crippen LogP contribution in [0.25, 0.3) is 10.2 Å². The van der Waals surface area contributed by atoms with Gasteiger partial charge in [-0.3, -0.25) is 4.90 Å². The fourth-order valence-corrected chi connectivity index (χ4v) is 4.39. The fraction of sp³-hybridized carbons (Fsp3) is 0.316. The molecule has 1 aromatic heterocycles. The zero-order chi connectivity index (χ0) is 15.6. The fourth-order valence-electron chi connectivity index (χ4n) is 3.25. The Morgan fingerprint density at radius 3 is 2.52 bits per heavy atom. The van der Waals surface area contributed by atoms with E-state index in [4.69, 9.17) is 4.98 Å². The first-order chi connectivity index (χ1) is 11.3. The highest BCUT2D eigenvalue weighted by Crippen LogP contribution is 2.34. The van der Waals surface area contributed by atoms with Crippen molar-refractivity contribution in [3.63, 3.8) is 0 Å². The molecule has 0 unspecified atom stereocenters. The summed E-state index contributed by atoms with van der Waals surface area (Å²) < 4.78 is 14.3. The molecule has 2 aromatic carbocycles. The third-order valence-corrected chi connectivity index (χ3v) is 5.77. The van der Waals surface area contributed by atoms with Crippen molar-refractivity contribution in [1.82, 2.24) is 9.88 Å². The molecule has 1 aliphatic rings. The minimum absolute atomic E-state index is 0.164. The topological polar surface area (TPSA) is 16.1 Å². The van der Waals surface area contributed by atoms with Crippen LogP contribution >= 0.6 is 11.3 Å². The first-order valence-electron chi connectivity index (χ1n) is 8.10. The molecule has 2 nitrogen and oxygen atoms in total. The molecule has 1 fully saturated rings. The summed E-state index contributed by atoms with van der Waals surface area (Å²) in [6, 6.07) is 15.2. The van der Waals surface area contributed by atoms with Gasteiger partial charge in [0.05, 0.1) is 15.2 Å². The van der Waals surface area contributed by atoms with Gasteiger partial charge in [0, 0.05) is 12.5 Å². The predicted molar refractivity (Wildman–Crippen MR) is 93.3 cm³/mol. The number of likely N-dealkylation sites (tertiary alicyclic amines) is 1. The number of fused-ring (bicyclic) bond motifs is 1. The van der Waals surface area contributed by atoms with Crippen molar-refractivity contribution in [2.45, 2.75) is 25.3 Å². The minimum Gasteiger partial charge on any atom is -0.299 e. The highest BCUT2D eigenvalue weighted by atomic mass is 32.1. The van der Waals surface area contributed by atoms with Crippen LogP contribution in [-0.4, -0.2) is 23.0 Å². The van der Waals surface area contributed by atoms with E-state index in [-0.39, 0.29) is 5.82 Å². The lowest BCUT2D eigenvalue weighted by atomic mass is 9.97. The Balaban J connectivity index is 1.39. The van der Waals surface area contributed by atoms with E-state index in [1.54, 1.807) is 12.1 Å². The molecule has 0 bridgehead atoms. The molecule has 0 saturated carbocycles. The quantitative estimate of drug-likeness (QED) is 0.686. The second-order valence-corrected chi connectivity index (χ2v) is 7.26. The maximum Gasteiger partial charge on any atom is 0.123 e. The molecule has 4 rings (SSSR count). The van der Waals surface area contributed by atoms with Gasteiger partial charge in [0.2, 0.25) is 0 Å². The summed E-state index contributed by atoms with van der Waals surface area (Å²) in [7, 11) is 0. The first-order valence-corrected chi connectivity index (χ1v) is 8.92. The lowest BCUT2D eigenvalue weighted by molar-refractivity contribution is 0.204. The maximum absolute atomic E-state index is 13.0. The molecule has 0 amide bonds. The molecule has 0 atom stereocenters. The molecule has 0 spiro atoms. The smallest absolute Gasteiger partial charge is 0.123 e. The van der Waals surface area contributed by atoms with E-state index in [0.717, 1.165) is 38.0 Å². The second-order valence-electron chi connectivity index (χ2n) is 6.20. The van der Waals surface area contributed by atoms with Gasteiger partial charge in [0.1, 0.15) is 5.82 Å². The van der Waals surface area contributed by atoms with Crippen LogP contribution < -0.4 is 0 Å². The van der Waals surface area contributed by atoms with Gasteiger partial charge in [-0.15, -0.1) is 11.3 Å². The average Bonchev–Trinajstić information content (AvgIpc) is 3.02. The van der Waals surface area contributed by atoms with Crippen LogP contribution in [0.2, 0.25) is 0 Å². The van der Waals surface area contributed by atoms with E-state index in [1.165, 1.54) is 15.3 Å². The lowest BCUT2D eigenvalue weighted by Gasteiger charge is -2.31. The van der Waals surface area contributed by atoms with E-state index in [0.29, 0.717) is 5.92 Å². The molecule has 0 N–H and O–H groups in total. The predicted octanol–water partition coefficient (Wildman–Crippen LogP) is 4.82. The molecule has 1 saturated heterocycles. The van der Waals surface area contributed by atoms with Crippen LogP contribution in [0.5, 0.6) is 0 Å². The number of benzene rings is 2. The van der Waals surface area contributed by atoms with Gasteiger partial charge in [0.15, 0.2) is 0 Å². The van der Waals surface area contributed by atoms with Crippen molar-refractivity contribution in [3.8, 4) is 0 Å². The number of hydrogen-bond acceptors (Lipinski definition) is 3. The van der Waals surface area contributed by atoms with Crippen LogP contribution in [0.15, 0.2) is 48.5 Å². The van der Waals surface area contributed by atoms with Gasteiger partial charge < -0.3 is 0 Å². The summed E-state index contributed by atoms with van der Waals surface area (Å²) in [5.74, 6) is 0.417. The molecular formula is C19H19FN2S. The van der Waals surface area contributed by atoms with Gasteiger partial charge in [-0.2, -0.15) is 0 Å². The molecule has 2 heterocycles. The zero-order valence-electron chi connectivity index (χ0n) is 12.9. The number of aromatic nitrogens is 1. The van der Waals surface area contributed by atoms with Crippen molar-refractivity contribution < 1.29 is 4.39 Å².